The zero-order valence-electron chi connectivity index (χ0n) is 14.4. The number of rotatable bonds is 5. The first-order valence-electron chi connectivity index (χ1n) is 7.93. The highest BCUT2D eigenvalue weighted by atomic mass is 16.5. The molecule has 0 aliphatic rings. The minimum Gasteiger partial charge on any atom is -0.497 e. The van der Waals surface area contributed by atoms with E-state index in [2.05, 4.69) is 23.4 Å². The number of methoxy groups -OCH3 is 2. The number of benzene rings is 2. The van der Waals surface area contributed by atoms with Gasteiger partial charge in [0, 0.05) is 11.6 Å². The number of para-hydroxylation sites is 2. The van der Waals surface area contributed by atoms with Crippen LogP contribution in [0.4, 0.5) is 0 Å². The van der Waals surface area contributed by atoms with Gasteiger partial charge in [-0.1, -0.05) is 12.1 Å². The van der Waals surface area contributed by atoms with Crippen LogP contribution in [-0.4, -0.2) is 28.9 Å². The van der Waals surface area contributed by atoms with E-state index in [0.29, 0.717) is 22.9 Å². The zero-order chi connectivity index (χ0) is 17.3. The number of nitrogens with zero attached hydrogens (tertiary/aromatic N) is 2. The number of hydrogen-bond donors (Lipinski definition) is 1. The second-order valence-electron chi connectivity index (χ2n) is 5.93. The Morgan fingerprint density at radius 2 is 1.79 bits per heavy atom. The van der Waals surface area contributed by atoms with Gasteiger partial charge in [-0.15, -0.1) is 0 Å². The molecule has 0 saturated carbocycles. The highest BCUT2D eigenvalue weighted by Crippen LogP contribution is 2.35. The molecule has 0 aliphatic heterocycles. The number of aliphatic hydroxyl groups is 1. The first kappa shape index (κ1) is 16.3. The fourth-order valence-electron chi connectivity index (χ4n) is 2.99. The van der Waals surface area contributed by atoms with Crippen LogP contribution in [0.1, 0.15) is 37.4 Å². The smallest absolute Gasteiger partial charge is 0.143 e. The molecule has 0 saturated heterocycles. The highest BCUT2D eigenvalue weighted by Gasteiger charge is 2.24. The fourth-order valence-corrected chi connectivity index (χ4v) is 2.99. The largest absolute Gasteiger partial charge is 0.497 e. The molecule has 0 unspecified atom stereocenters. The van der Waals surface area contributed by atoms with E-state index < -0.39 is 6.10 Å². The Balaban J connectivity index is 2.19. The molecular weight excluding hydrogens is 304 g/mol. The Kier molecular flexibility index (Phi) is 4.44. The number of aliphatic hydroxyl groups excluding tert-OH is 1. The number of imidazole rings is 1. The van der Waals surface area contributed by atoms with Crippen LogP contribution in [0, 0.1) is 0 Å². The number of ether oxygens (including phenoxy) is 2. The molecular formula is C19H22N2O3. The quantitative estimate of drug-likeness (QED) is 0.776. The van der Waals surface area contributed by atoms with Gasteiger partial charge in [0.15, 0.2) is 0 Å². The van der Waals surface area contributed by atoms with Gasteiger partial charge in [0.2, 0.25) is 0 Å². The van der Waals surface area contributed by atoms with Crippen LogP contribution >= 0.6 is 0 Å². The van der Waals surface area contributed by atoms with Crippen molar-refractivity contribution in [3.8, 4) is 11.5 Å². The molecule has 2 aromatic carbocycles. The first-order chi connectivity index (χ1) is 11.6. The molecule has 1 aromatic heterocycles. The van der Waals surface area contributed by atoms with Crippen LogP contribution in [-0.2, 0) is 0 Å². The number of fused-ring (bicyclic) bond motifs is 1. The molecule has 1 heterocycles. The maximum absolute atomic E-state index is 11.0. The second kappa shape index (κ2) is 6.53. The van der Waals surface area contributed by atoms with E-state index in [4.69, 9.17) is 9.47 Å². The van der Waals surface area contributed by atoms with Crippen molar-refractivity contribution in [1.82, 2.24) is 9.55 Å². The summed E-state index contributed by atoms with van der Waals surface area (Å²) in [6.45, 7) is 4.15. The van der Waals surface area contributed by atoms with Crippen LogP contribution < -0.4 is 9.47 Å². The Hall–Kier alpha value is -2.53. The second-order valence-corrected chi connectivity index (χ2v) is 5.93. The molecule has 0 fully saturated rings. The summed E-state index contributed by atoms with van der Waals surface area (Å²) >= 11 is 0. The lowest BCUT2D eigenvalue weighted by atomic mass is 10.1. The van der Waals surface area contributed by atoms with Crippen LogP contribution in [0.3, 0.4) is 0 Å². The monoisotopic (exact) mass is 326 g/mol. The lowest BCUT2D eigenvalue weighted by Gasteiger charge is -2.19. The third-order valence-electron chi connectivity index (χ3n) is 4.12. The van der Waals surface area contributed by atoms with Gasteiger partial charge in [0.05, 0.1) is 25.3 Å². The lowest BCUT2D eigenvalue weighted by molar-refractivity contribution is 0.198. The molecule has 5 heteroatoms. The minimum absolute atomic E-state index is 0.165. The third-order valence-corrected chi connectivity index (χ3v) is 4.12. The number of aromatic nitrogens is 2. The summed E-state index contributed by atoms with van der Waals surface area (Å²) in [5, 5.41) is 11.0. The maximum Gasteiger partial charge on any atom is 0.143 e. The zero-order valence-corrected chi connectivity index (χ0v) is 14.4. The van der Waals surface area contributed by atoms with E-state index in [1.165, 1.54) is 0 Å². The topological polar surface area (TPSA) is 56.5 Å². The van der Waals surface area contributed by atoms with E-state index in [0.717, 1.165) is 11.0 Å². The molecule has 1 atom stereocenters. The van der Waals surface area contributed by atoms with E-state index in [1.54, 1.807) is 32.4 Å². The molecule has 0 amide bonds. The predicted octanol–water partition coefficient (Wildman–Crippen LogP) is 3.72. The standard InChI is InChI=1S/C19H22N2O3/c1-12(2)21-16-8-6-5-7-15(16)20-19(21)18(22)14-11-13(23-3)9-10-17(14)24-4/h5-12,18,22H,1-4H3/t18-/m1/s1. The summed E-state index contributed by atoms with van der Waals surface area (Å²) in [4.78, 5) is 4.66. The normalized spacial score (nSPS) is 12.6. The molecule has 3 rings (SSSR count). The van der Waals surface area contributed by atoms with Gasteiger partial charge >= 0.3 is 0 Å². The molecule has 0 bridgehead atoms. The third kappa shape index (κ3) is 2.71. The minimum atomic E-state index is -0.912. The lowest BCUT2D eigenvalue weighted by Crippen LogP contribution is -2.13. The molecule has 1 N–H and O–H groups in total. The molecule has 0 spiro atoms. The van der Waals surface area contributed by atoms with Gasteiger partial charge in [0.1, 0.15) is 23.4 Å². The average Bonchev–Trinajstić information content (AvgIpc) is 3.00. The molecule has 0 aliphatic carbocycles. The molecule has 0 radical (unpaired) electrons. The summed E-state index contributed by atoms with van der Waals surface area (Å²) in [5.41, 5.74) is 2.50. The Labute approximate surface area is 141 Å². The van der Waals surface area contributed by atoms with E-state index in [1.807, 2.05) is 24.3 Å². The molecule has 24 heavy (non-hydrogen) atoms. The fraction of sp³-hybridized carbons (Fsp3) is 0.316. The van der Waals surface area contributed by atoms with Gasteiger partial charge in [-0.05, 0) is 44.2 Å². The molecule has 5 nitrogen and oxygen atoms in total. The summed E-state index contributed by atoms with van der Waals surface area (Å²) in [5.74, 6) is 1.86. The van der Waals surface area contributed by atoms with Crippen molar-refractivity contribution in [2.45, 2.75) is 26.0 Å². The van der Waals surface area contributed by atoms with Crippen LogP contribution in [0.25, 0.3) is 11.0 Å². The SMILES string of the molecule is COc1ccc(OC)c([C@@H](O)c2nc3ccccc3n2C(C)C)c1. The average molecular weight is 326 g/mol. The Morgan fingerprint density at radius 1 is 1.04 bits per heavy atom. The highest BCUT2D eigenvalue weighted by molar-refractivity contribution is 5.76. The predicted molar refractivity (Wildman–Crippen MR) is 93.7 cm³/mol. The van der Waals surface area contributed by atoms with Crippen LogP contribution in [0.15, 0.2) is 42.5 Å². The molecule has 126 valence electrons. The number of hydrogen-bond acceptors (Lipinski definition) is 4. The van der Waals surface area contributed by atoms with Crippen LogP contribution in [0.5, 0.6) is 11.5 Å². The van der Waals surface area contributed by atoms with Gasteiger partial charge in [-0.2, -0.15) is 0 Å². The van der Waals surface area contributed by atoms with Crippen molar-refractivity contribution in [2.75, 3.05) is 14.2 Å². The summed E-state index contributed by atoms with van der Waals surface area (Å²) in [6, 6.07) is 13.4. The Morgan fingerprint density at radius 3 is 2.46 bits per heavy atom. The molecule has 3 aromatic rings. The van der Waals surface area contributed by atoms with Crippen molar-refractivity contribution in [3.05, 3.63) is 53.9 Å². The van der Waals surface area contributed by atoms with Crippen molar-refractivity contribution < 1.29 is 14.6 Å². The van der Waals surface area contributed by atoms with Crippen molar-refractivity contribution in [2.24, 2.45) is 0 Å². The Bertz CT molecular complexity index is 855. The van der Waals surface area contributed by atoms with E-state index >= 15 is 0 Å². The van der Waals surface area contributed by atoms with Gasteiger partial charge < -0.3 is 19.1 Å². The summed E-state index contributed by atoms with van der Waals surface area (Å²) in [7, 11) is 3.19. The van der Waals surface area contributed by atoms with E-state index in [9.17, 15) is 5.11 Å². The summed E-state index contributed by atoms with van der Waals surface area (Å²) in [6.07, 6.45) is -0.912. The van der Waals surface area contributed by atoms with Crippen molar-refractivity contribution in [3.63, 3.8) is 0 Å². The maximum atomic E-state index is 11.0. The van der Waals surface area contributed by atoms with Crippen molar-refractivity contribution >= 4 is 11.0 Å². The van der Waals surface area contributed by atoms with Gasteiger partial charge in [0.25, 0.3) is 0 Å². The van der Waals surface area contributed by atoms with Gasteiger partial charge in [-0.25, -0.2) is 4.98 Å². The van der Waals surface area contributed by atoms with Crippen molar-refractivity contribution in [1.29, 1.82) is 0 Å². The van der Waals surface area contributed by atoms with Crippen LogP contribution in [0.2, 0.25) is 0 Å². The first-order valence-corrected chi connectivity index (χ1v) is 7.93. The van der Waals surface area contributed by atoms with Gasteiger partial charge in [-0.3, -0.25) is 0 Å². The van der Waals surface area contributed by atoms with E-state index in [-0.39, 0.29) is 6.04 Å². The summed E-state index contributed by atoms with van der Waals surface area (Å²) < 4.78 is 12.7.